The molecule has 0 bridgehead atoms. The first kappa shape index (κ1) is 12.9. The monoisotopic (exact) mass is 269 g/mol. The van der Waals surface area contributed by atoms with Gasteiger partial charge in [0.1, 0.15) is 0 Å². The fraction of sp³-hybridized carbons (Fsp3) is 0.0833. The van der Waals surface area contributed by atoms with Gasteiger partial charge in [0, 0.05) is 6.20 Å². The van der Waals surface area contributed by atoms with Crippen LogP contribution >= 0.6 is 11.6 Å². The van der Waals surface area contributed by atoms with Crippen LogP contribution in [-0.4, -0.2) is 4.98 Å². The summed E-state index contributed by atoms with van der Waals surface area (Å²) >= 11 is 5.73. The fourth-order valence-corrected chi connectivity index (χ4v) is 1.71. The molecule has 18 heavy (non-hydrogen) atoms. The SMILES string of the molecule is NNC(c1ccc(F)c(F)c1)c1ccc(Cl)cn1. The minimum Gasteiger partial charge on any atom is -0.271 e. The van der Waals surface area contributed by atoms with Crippen LogP contribution in [0.2, 0.25) is 5.02 Å². The predicted octanol–water partition coefficient (Wildman–Crippen LogP) is 2.57. The highest BCUT2D eigenvalue weighted by atomic mass is 35.5. The van der Waals surface area contributed by atoms with Crippen molar-refractivity contribution in [1.29, 1.82) is 0 Å². The van der Waals surface area contributed by atoms with Crippen LogP contribution in [-0.2, 0) is 0 Å². The van der Waals surface area contributed by atoms with Crippen molar-refractivity contribution < 1.29 is 8.78 Å². The minimum absolute atomic E-state index is 0.478. The van der Waals surface area contributed by atoms with Gasteiger partial charge in [0.2, 0.25) is 0 Å². The van der Waals surface area contributed by atoms with Crippen molar-refractivity contribution in [1.82, 2.24) is 10.4 Å². The summed E-state index contributed by atoms with van der Waals surface area (Å²) in [5, 5.41) is 0.486. The van der Waals surface area contributed by atoms with Crippen molar-refractivity contribution in [2.75, 3.05) is 0 Å². The van der Waals surface area contributed by atoms with E-state index in [1.165, 1.54) is 12.3 Å². The number of rotatable bonds is 3. The van der Waals surface area contributed by atoms with Gasteiger partial charge in [-0.05, 0) is 29.8 Å². The second-order valence-corrected chi connectivity index (χ2v) is 4.11. The fourth-order valence-electron chi connectivity index (χ4n) is 1.60. The van der Waals surface area contributed by atoms with Gasteiger partial charge in [-0.25, -0.2) is 14.2 Å². The van der Waals surface area contributed by atoms with Crippen LogP contribution in [0.5, 0.6) is 0 Å². The third-order valence-electron chi connectivity index (χ3n) is 2.49. The largest absolute Gasteiger partial charge is 0.271 e. The highest BCUT2D eigenvalue weighted by Crippen LogP contribution is 2.22. The average Bonchev–Trinajstić information content (AvgIpc) is 2.37. The summed E-state index contributed by atoms with van der Waals surface area (Å²) in [7, 11) is 0. The lowest BCUT2D eigenvalue weighted by atomic mass is 10.0. The van der Waals surface area contributed by atoms with Gasteiger partial charge < -0.3 is 0 Å². The molecule has 6 heteroatoms. The first-order chi connectivity index (χ1) is 8.61. The van der Waals surface area contributed by atoms with Gasteiger partial charge in [0.05, 0.1) is 16.8 Å². The predicted molar refractivity (Wildman–Crippen MR) is 64.8 cm³/mol. The number of nitrogens with one attached hydrogen (secondary N) is 1. The molecule has 0 aliphatic rings. The second-order valence-electron chi connectivity index (χ2n) is 3.67. The van der Waals surface area contributed by atoms with E-state index in [-0.39, 0.29) is 0 Å². The molecule has 0 aliphatic heterocycles. The van der Waals surface area contributed by atoms with Crippen molar-refractivity contribution in [3.63, 3.8) is 0 Å². The van der Waals surface area contributed by atoms with Crippen LogP contribution in [0.25, 0.3) is 0 Å². The van der Waals surface area contributed by atoms with Crippen molar-refractivity contribution in [3.05, 3.63) is 64.4 Å². The molecule has 3 nitrogen and oxygen atoms in total. The molecule has 0 aliphatic carbocycles. The summed E-state index contributed by atoms with van der Waals surface area (Å²) < 4.78 is 26.0. The molecule has 0 spiro atoms. The van der Waals surface area contributed by atoms with Crippen LogP contribution < -0.4 is 11.3 Å². The van der Waals surface area contributed by atoms with Crippen LogP contribution in [0, 0.1) is 11.6 Å². The molecule has 1 atom stereocenters. The van der Waals surface area contributed by atoms with Crippen LogP contribution in [0.15, 0.2) is 36.5 Å². The quantitative estimate of drug-likeness (QED) is 0.665. The minimum atomic E-state index is -0.929. The third-order valence-corrected chi connectivity index (χ3v) is 2.71. The molecule has 0 radical (unpaired) electrons. The van der Waals surface area contributed by atoms with Gasteiger partial charge in [0.15, 0.2) is 11.6 Å². The number of hydrogen-bond donors (Lipinski definition) is 2. The summed E-state index contributed by atoms with van der Waals surface area (Å²) in [6, 6.07) is 6.35. The Kier molecular flexibility index (Phi) is 3.86. The van der Waals surface area contributed by atoms with Crippen LogP contribution in [0.3, 0.4) is 0 Å². The lowest BCUT2D eigenvalue weighted by Crippen LogP contribution is -2.29. The normalized spacial score (nSPS) is 12.4. The highest BCUT2D eigenvalue weighted by Gasteiger charge is 2.15. The number of benzene rings is 1. The Morgan fingerprint density at radius 2 is 1.94 bits per heavy atom. The summed E-state index contributed by atoms with van der Waals surface area (Å²) in [4.78, 5) is 4.09. The van der Waals surface area contributed by atoms with Crippen molar-refractivity contribution in [2.45, 2.75) is 6.04 Å². The molecule has 0 saturated heterocycles. The molecule has 2 aromatic rings. The summed E-state index contributed by atoms with van der Waals surface area (Å²) in [5.74, 6) is 3.59. The van der Waals surface area contributed by atoms with Gasteiger partial charge in [0.25, 0.3) is 0 Å². The zero-order valence-corrected chi connectivity index (χ0v) is 9.96. The molecule has 0 saturated carbocycles. The number of nitrogens with two attached hydrogens (primary N) is 1. The maximum Gasteiger partial charge on any atom is 0.159 e. The van der Waals surface area contributed by atoms with Crippen molar-refractivity contribution in [2.24, 2.45) is 5.84 Å². The lowest BCUT2D eigenvalue weighted by Gasteiger charge is -2.16. The van der Waals surface area contributed by atoms with Crippen molar-refractivity contribution in [3.8, 4) is 0 Å². The number of hydrogen-bond acceptors (Lipinski definition) is 3. The number of hydrazine groups is 1. The molecule has 0 amide bonds. The first-order valence-corrected chi connectivity index (χ1v) is 5.52. The Labute approximate surface area is 108 Å². The second kappa shape index (κ2) is 5.39. The molecule has 2 rings (SSSR count). The van der Waals surface area contributed by atoms with Gasteiger partial charge >= 0.3 is 0 Å². The van der Waals surface area contributed by atoms with Gasteiger partial charge in [-0.1, -0.05) is 17.7 Å². The smallest absolute Gasteiger partial charge is 0.159 e. The zero-order valence-electron chi connectivity index (χ0n) is 9.20. The summed E-state index contributed by atoms with van der Waals surface area (Å²) in [6.07, 6.45) is 1.46. The van der Waals surface area contributed by atoms with E-state index in [4.69, 9.17) is 17.4 Å². The summed E-state index contributed by atoms with van der Waals surface area (Å²) in [5.41, 5.74) is 3.55. The molecular formula is C12H10ClF2N3. The van der Waals surface area contributed by atoms with E-state index in [2.05, 4.69) is 10.4 Å². The molecule has 1 aromatic heterocycles. The standard InChI is InChI=1S/C12H10ClF2N3/c13-8-2-4-11(17-6-8)12(18-16)7-1-3-9(14)10(15)5-7/h1-6,12,18H,16H2. The first-order valence-electron chi connectivity index (χ1n) is 5.14. The van der Waals surface area contributed by atoms with Crippen LogP contribution in [0.4, 0.5) is 8.78 Å². The van der Waals surface area contributed by atoms with Gasteiger partial charge in [-0.15, -0.1) is 0 Å². The molecule has 1 heterocycles. The molecule has 1 unspecified atom stereocenters. The average molecular weight is 270 g/mol. The highest BCUT2D eigenvalue weighted by molar-refractivity contribution is 6.30. The Bertz CT molecular complexity index is 546. The third kappa shape index (κ3) is 2.64. The van der Waals surface area contributed by atoms with Crippen LogP contribution in [0.1, 0.15) is 17.3 Å². The zero-order chi connectivity index (χ0) is 13.1. The Morgan fingerprint density at radius 3 is 2.50 bits per heavy atom. The lowest BCUT2D eigenvalue weighted by molar-refractivity contribution is 0.503. The van der Waals surface area contributed by atoms with E-state index in [0.717, 1.165) is 12.1 Å². The molecular weight excluding hydrogens is 260 g/mol. The van der Waals surface area contributed by atoms with E-state index in [1.54, 1.807) is 12.1 Å². The number of pyridine rings is 1. The molecule has 3 N–H and O–H groups in total. The van der Waals surface area contributed by atoms with Gasteiger partial charge in [-0.3, -0.25) is 10.8 Å². The molecule has 94 valence electrons. The molecule has 0 fully saturated rings. The Morgan fingerprint density at radius 1 is 1.17 bits per heavy atom. The Hall–Kier alpha value is -1.56. The van der Waals surface area contributed by atoms with E-state index < -0.39 is 17.7 Å². The van der Waals surface area contributed by atoms with E-state index >= 15 is 0 Å². The topological polar surface area (TPSA) is 50.9 Å². The molecule has 1 aromatic carbocycles. The number of nitrogens with zero attached hydrogens (tertiary/aromatic N) is 1. The van der Waals surface area contributed by atoms with E-state index in [0.29, 0.717) is 16.3 Å². The Balaban J connectivity index is 2.38. The van der Waals surface area contributed by atoms with E-state index in [9.17, 15) is 8.78 Å². The summed E-state index contributed by atoms with van der Waals surface area (Å²) in [6.45, 7) is 0. The number of aromatic nitrogens is 1. The maximum absolute atomic E-state index is 13.2. The van der Waals surface area contributed by atoms with Gasteiger partial charge in [-0.2, -0.15) is 0 Å². The van der Waals surface area contributed by atoms with Crippen molar-refractivity contribution >= 4 is 11.6 Å². The maximum atomic E-state index is 13.2. The number of halogens is 3. The van der Waals surface area contributed by atoms with E-state index in [1.807, 2.05) is 0 Å².